The average molecular weight is 361 g/mol. The molecule has 0 amide bonds. The Hall–Kier alpha value is -1.88. The molecule has 5 nitrogen and oxygen atoms in total. The first-order chi connectivity index (χ1) is 12.5. The highest BCUT2D eigenvalue weighted by molar-refractivity contribution is 5.73. The zero-order chi connectivity index (χ0) is 18.9. The normalized spacial score (nSPS) is 18.7. The van der Waals surface area contributed by atoms with Crippen LogP contribution in [-0.2, 0) is 20.7 Å². The van der Waals surface area contributed by atoms with E-state index in [1.807, 2.05) is 25.1 Å². The molecule has 0 saturated heterocycles. The van der Waals surface area contributed by atoms with Gasteiger partial charge in [-0.1, -0.05) is 56.5 Å². The van der Waals surface area contributed by atoms with Crippen LogP contribution in [0.1, 0.15) is 57.4 Å². The monoisotopic (exact) mass is 361 g/mol. The average Bonchev–Trinajstić information content (AvgIpc) is 2.62. The lowest BCUT2D eigenvalue weighted by atomic mass is 9.83. The van der Waals surface area contributed by atoms with Gasteiger partial charge in [-0.15, -0.1) is 0 Å². The van der Waals surface area contributed by atoms with Crippen molar-refractivity contribution >= 4 is 11.9 Å². The molecule has 1 aliphatic rings. The van der Waals surface area contributed by atoms with Gasteiger partial charge in [-0.2, -0.15) is 0 Å². The fourth-order valence-electron chi connectivity index (χ4n) is 3.78. The number of carboxylic acids is 1. The van der Waals surface area contributed by atoms with E-state index >= 15 is 0 Å². The Kier molecular flexibility index (Phi) is 8.10. The molecule has 26 heavy (non-hydrogen) atoms. The molecule has 3 atom stereocenters. The Balaban J connectivity index is 1.94. The molecule has 5 heteroatoms. The topological polar surface area (TPSA) is 89.6 Å². The predicted octanol–water partition coefficient (Wildman–Crippen LogP) is 3.55. The maximum atomic E-state index is 12.4. The van der Waals surface area contributed by atoms with Crippen LogP contribution in [0.25, 0.3) is 0 Å². The minimum Gasteiger partial charge on any atom is -0.480 e. The number of rotatable bonds is 9. The first-order valence-electron chi connectivity index (χ1n) is 9.67. The van der Waals surface area contributed by atoms with E-state index in [-0.39, 0.29) is 30.8 Å². The molecule has 1 aromatic rings. The summed E-state index contributed by atoms with van der Waals surface area (Å²) in [6.07, 6.45) is 6.96. The number of nitrogens with two attached hydrogens (primary N) is 1. The fraction of sp³-hybridized carbons (Fsp3) is 0.619. The van der Waals surface area contributed by atoms with Crippen molar-refractivity contribution in [2.45, 2.75) is 70.4 Å². The molecule has 3 N–H and O–H groups in total. The summed E-state index contributed by atoms with van der Waals surface area (Å²) >= 11 is 0. The summed E-state index contributed by atoms with van der Waals surface area (Å²) in [6, 6.07) is 9.19. The third-order valence-corrected chi connectivity index (χ3v) is 5.23. The lowest BCUT2D eigenvalue weighted by Gasteiger charge is -2.30. The molecule has 0 spiro atoms. The van der Waals surface area contributed by atoms with E-state index in [1.165, 1.54) is 24.8 Å². The molecule has 2 unspecified atom stereocenters. The first-order valence-corrected chi connectivity index (χ1v) is 9.67. The van der Waals surface area contributed by atoms with E-state index in [0.29, 0.717) is 5.92 Å². The molecule has 0 aromatic heterocycles. The number of carbonyl (C=O) groups is 2. The van der Waals surface area contributed by atoms with Gasteiger partial charge in [-0.25, -0.2) is 0 Å². The van der Waals surface area contributed by atoms with Crippen LogP contribution in [0, 0.1) is 11.8 Å². The van der Waals surface area contributed by atoms with Crippen LogP contribution in [0.15, 0.2) is 30.3 Å². The second-order valence-electron chi connectivity index (χ2n) is 7.61. The van der Waals surface area contributed by atoms with Crippen LogP contribution in [0.5, 0.6) is 0 Å². The Morgan fingerprint density at radius 2 is 1.85 bits per heavy atom. The lowest BCUT2D eigenvalue weighted by Crippen LogP contribution is -2.34. The number of hydrogen-bond donors (Lipinski definition) is 2. The van der Waals surface area contributed by atoms with Gasteiger partial charge >= 0.3 is 11.9 Å². The number of benzene rings is 1. The maximum absolute atomic E-state index is 12.4. The van der Waals surface area contributed by atoms with Gasteiger partial charge in [0.25, 0.3) is 0 Å². The number of aliphatic carboxylic acids is 1. The Labute approximate surface area is 155 Å². The van der Waals surface area contributed by atoms with Gasteiger partial charge in [0.15, 0.2) is 0 Å². The van der Waals surface area contributed by atoms with Gasteiger partial charge in [0.1, 0.15) is 12.1 Å². The number of esters is 1. The summed E-state index contributed by atoms with van der Waals surface area (Å²) in [7, 11) is 0. The summed E-state index contributed by atoms with van der Waals surface area (Å²) in [6.45, 7) is 1.84. The van der Waals surface area contributed by atoms with Gasteiger partial charge in [-0.05, 0) is 36.7 Å². The van der Waals surface area contributed by atoms with Crippen molar-refractivity contribution < 1.29 is 19.4 Å². The van der Waals surface area contributed by atoms with E-state index in [0.717, 1.165) is 19.3 Å². The largest absolute Gasteiger partial charge is 0.480 e. The van der Waals surface area contributed by atoms with Gasteiger partial charge < -0.3 is 15.6 Å². The van der Waals surface area contributed by atoms with Gasteiger partial charge in [0.05, 0.1) is 0 Å². The molecule has 2 rings (SSSR count). The quantitative estimate of drug-likeness (QED) is 0.657. The van der Waals surface area contributed by atoms with E-state index in [1.54, 1.807) is 0 Å². The lowest BCUT2D eigenvalue weighted by molar-refractivity contribution is -0.154. The van der Waals surface area contributed by atoms with Crippen molar-refractivity contribution in [3.8, 4) is 0 Å². The maximum Gasteiger partial charge on any atom is 0.320 e. The molecule has 1 aliphatic carbocycles. The predicted molar refractivity (Wildman–Crippen MR) is 101 cm³/mol. The molecular formula is C21H31NO4. The van der Waals surface area contributed by atoms with Crippen molar-refractivity contribution in [3.05, 3.63) is 35.9 Å². The fourth-order valence-corrected chi connectivity index (χ4v) is 3.78. The zero-order valence-electron chi connectivity index (χ0n) is 15.6. The summed E-state index contributed by atoms with van der Waals surface area (Å²) in [5.41, 5.74) is 6.74. The van der Waals surface area contributed by atoms with Crippen molar-refractivity contribution in [2.75, 3.05) is 0 Å². The van der Waals surface area contributed by atoms with Crippen LogP contribution in [0.2, 0.25) is 0 Å². The first kappa shape index (κ1) is 20.4. The second-order valence-corrected chi connectivity index (χ2v) is 7.61. The molecule has 1 saturated carbocycles. The Morgan fingerprint density at radius 3 is 2.46 bits per heavy atom. The molecule has 0 radical (unpaired) electrons. The number of carbonyl (C=O) groups excluding carboxylic acids is 1. The van der Waals surface area contributed by atoms with Crippen LogP contribution in [0.3, 0.4) is 0 Å². The third kappa shape index (κ3) is 6.79. The molecular weight excluding hydrogens is 330 g/mol. The smallest absolute Gasteiger partial charge is 0.320 e. The zero-order valence-corrected chi connectivity index (χ0v) is 15.6. The van der Waals surface area contributed by atoms with E-state index in [9.17, 15) is 9.59 Å². The molecule has 144 valence electrons. The summed E-state index contributed by atoms with van der Waals surface area (Å²) in [5.74, 6) is -0.988. The third-order valence-electron chi connectivity index (χ3n) is 5.23. The van der Waals surface area contributed by atoms with E-state index in [2.05, 4.69) is 12.1 Å². The molecule has 1 fully saturated rings. The second kappa shape index (κ2) is 10.3. The minimum atomic E-state index is -1.03. The Morgan fingerprint density at radius 1 is 1.19 bits per heavy atom. The number of ether oxygens (including phenoxy) is 1. The molecule has 1 aromatic carbocycles. The van der Waals surface area contributed by atoms with Gasteiger partial charge in [-0.3, -0.25) is 9.59 Å². The van der Waals surface area contributed by atoms with E-state index < -0.39 is 12.0 Å². The SMILES string of the molecule is CC(CC(=O)OC(Cc1ccccc1)C1CCCCC1)C[C@H](N)C(=O)O. The summed E-state index contributed by atoms with van der Waals surface area (Å²) in [5, 5.41) is 8.90. The molecule has 0 heterocycles. The van der Waals surface area contributed by atoms with Crippen LogP contribution in [-0.4, -0.2) is 29.2 Å². The van der Waals surface area contributed by atoms with Crippen molar-refractivity contribution in [1.29, 1.82) is 0 Å². The highest BCUT2D eigenvalue weighted by atomic mass is 16.5. The number of hydrogen-bond acceptors (Lipinski definition) is 4. The standard InChI is InChI=1S/C21H31NO4/c1-15(12-18(22)21(24)25)13-20(23)26-19(17-10-6-3-7-11-17)14-16-8-4-2-5-9-16/h2,4-5,8-9,15,17-19H,3,6-7,10-14,22H2,1H3,(H,24,25)/t15?,18-,19?/m0/s1. The highest BCUT2D eigenvalue weighted by Gasteiger charge is 2.28. The van der Waals surface area contributed by atoms with Crippen LogP contribution >= 0.6 is 0 Å². The molecule has 0 aliphatic heterocycles. The van der Waals surface area contributed by atoms with Crippen LogP contribution in [0.4, 0.5) is 0 Å². The summed E-state index contributed by atoms with van der Waals surface area (Å²) < 4.78 is 5.88. The van der Waals surface area contributed by atoms with Crippen molar-refractivity contribution in [2.24, 2.45) is 17.6 Å². The van der Waals surface area contributed by atoms with E-state index in [4.69, 9.17) is 15.6 Å². The van der Waals surface area contributed by atoms with Crippen molar-refractivity contribution in [1.82, 2.24) is 0 Å². The minimum absolute atomic E-state index is 0.106. The summed E-state index contributed by atoms with van der Waals surface area (Å²) in [4.78, 5) is 23.3. The Bertz CT molecular complexity index is 569. The van der Waals surface area contributed by atoms with Gasteiger partial charge in [0, 0.05) is 12.8 Å². The number of carboxylic acid groups (broad SMARTS) is 1. The van der Waals surface area contributed by atoms with Crippen molar-refractivity contribution in [3.63, 3.8) is 0 Å². The van der Waals surface area contributed by atoms with Gasteiger partial charge in [0.2, 0.25) is 0 Å². The highest BCUT2D eigenvalue weighted by Crippen LogP contribution is 2.30. The van der Waals surface area contributed by atoms with Crippen LogP contribution < -0.4 is 5.73 Å². The molecule has 0 bridgehead atoms.